The minimum atomic E-state index is -0.636. The third kappa shape index (κ3) is 4.14. The van der Waals surface area contributed by atoms with E-state index in [1.807, 2.05) is 18.2 Å². The molecule has 158 valence electrons. The summed E-state index contributed by atoms with van der Waals surface area (Å²) in [6, 6.07) is 15.8. The van der Waals surface area contributed by atoms with Crippen molar-refractivity contribution in [3.05, 3.63) is 86.7 Å². The van der Waals surface area contributed by atoms with Crippen molar-refractivity contribution in [3.8, 4) is 23.4 Å². The lowest BCUT2D eigenvalue weighted by Crippen LogP contribution is -2.27. The molecule has 0 atom stereocenters. The number of carbonyl (C=O) groups is 1. The fraction of sp³-hybridized carbons (Fsp3) is 0.208. The van der Waals surface area contributed by atoms with Crippen molar-refractivity contribution >= 4 is 5.78 Å². The average Bonchev–Trinajstić information content (AvgIpc) is 2.79. The number of para-hydroxylation sites is 1. The molecule has 3 rings (SSSR count). The normalized spacial score (nSPS) is 10.4. The fourth-order valence-electron chi connectivity index (χ4n) is 3.43. The summed E-state index contributed by atoms with van der Waals surface area (Å²) in [5.74, 6) is 0.0458. The summed E-state index contributed by atoms with van der Waals surface area (Å²) in [6.45, 7) is 1.58. The van der Waals surface area contributed by atoms with Gasteiger partial charge >= 0.3 is 0 Å². The number of methoxy groups -OCH3 is 2. The molecular formula is C24H22N2O5. The van der Waals surface area contributed by atoms with Crippen LogP contribution in [0.4, 0.5) is 0 Å². The van der Waals surface area contributed by atoms with Crippen LogP contribution in [-0.4, -0.2) is 29.7 Å². The first-order chi connectivity index (χ1) is 14.9. The zero-order valence-electron chi connectivity index (χ0n) is 17.5. The van der Waals surface area contributed by atoms with E-state index in [1.54, 1.807) is 43.5 Å². The minimum Gasteiger partial charge on any atom is -0.497 e. The lowest BCUT2D eigenvalue weighted by Gasteiger charge is -2.16. The van der Waals surface area contributed by atoms with E-state index in [4.69, 9.17) is 9.47 Å². The number of ketones is 1. The average molecular weight is 418 g/mol. The molecule has 0 fully saturated rings. The maximum Gasteiger partial charge on any atom is 0.271 e. The number of nitriles is 1. The monoisotopic (exact) mass is 418 g/mol. The third-order valence-electron chi connectivity index (χ3n) is 5.16. The van der Waals surface area contributed by atoms with Gasteiger partial charge in [-0.2, -0.15) is 5.26 Å². The van der Waals surface area contributed by atoms with Crippen LogP contribution in [0.3, 0.4) is 0 Å². The molecule has 31 heavy (non-hydrogen) atoms. The second-order valence-corrected chi connectivity index (χ2v) is 6.89. The summed E-state index contributed by atoms with van der Waals surface area (Å²) in [5.41, 5.74) is 0.377. The third-order valence-corrected chi connectivity index (χ3v) is 5.16. The van der Waals surface area contributed by atoms with Crippen LogP contribution in [0.5, 0.6) is 17.4 Å². The first-order valence-electron chi connectivity index (χ1n) is 9.60. The van der Waals surface area contributed by atoms with Crippen molar-refractivity contribution in [2.75, 3.05) is 14.2 Å². The van der Waals surface area contributed by atoms with Crippen LogP contribution in [0, 0.1) is 18.3 Å². The van der Waals surface area contributed by atoms with E-state index in [9.17, 15) is 20.0 Å². The molecule has 0 saturated carbocycles. The fourth-order valence-corrected chi connectivity index (χ4v) is 3.43. The molecule has 2 aromatic carbocycles. The van der Waals surface area contributed by atoms with Gasteiger partial charge in [-0.25, -0.2) is 0 Å². The highest BCUT2D eigenvalue weighted by Gasteiger charge is 2.26. The Balaban J connectivity index is 2.07. The zero-order chi connectivity index (χ0) is 22.5. The quantitative estimate of drug-likeness (QED) is 0.591. The molecular weight excluding hydrogens is 396 g/mol. The topological polar surface area (TPSA) is 102 Å². The highest BCUT2D eigenvalue weighted by molar-refractivity contribution is 6.13. The smallest absolute Gasteiger partial charge is 0.271 e. The second-order valence-electron chi connectivity index (χ2n) is 6.89. The maximum atomic E-state index is 13.3. The molecule has 0 amide bonds. The summed E-state index contributed by atoms with van der Waals surface area (Å²) in [4.78, 5) is 26.1. The molecule has 0 aliphatic carbocycles. The summed E-state index contributed by atoms with van der Waals surface area (Å²) in [6.07, 6.45) is 0.410. The molecule has 0 unspecified atom stereocenters. The number of benzene rings is 2. The van der Waals surface area contributed by atoms with Gasteiger partial charge in [-0.15, -0.1) is 0 Å². The van der Waals surface area contributed by atoms with Gasteiger partial charge in [-0.1, -0.05) is 24.3 Å². The van der Waals surface area contributed by atoms with Crippen molar-refractivity contribution in [1.29, 1.82) is 5.26 Å². The number of aryl methyl sites for hydroxylation is 1. The van der Waals surface area contributed by atoms with Gasteiger partial charge in [0.25, 0.3) is 5.56 Å². The molecule has 7 heteroatoms. The van der Waals surface area contributed by atoms with Gasteiger partial charge in [0.2, 0.25) is 11.7 Å². The van der Waals surface area contributed by atoms with Gasteiger partial charge in [0.1, 0.15) is 23.1 Å². The Kier molecular flexibility index (Phi) is 6.41. The number of rotatable bonds is 7. The van der Waals surface area contributed by atoms with E-state index < -0.39 is 17.2 Å². The van der Waals surface area contributed by atoms with Gasteiger partial charge in [0.15, 0.2) is 0 Å². The highest BCUT2D eigenvalue weighted by atomic mass is 16.5. The number of aromatic hydroxyl groups is 1. The molecule has 1 N–H and O–H groups in total. The molecule has 0 spiro atoms. The number of ether oxygens (including phenoxy) is 2. The summed E-state index contributed by atoms with van der Waals surface area (Å²) < 4.78 is 11.5. The maximum absolute atomic E-state index is 13.3. The predicted molar refractivity (Wildman–Crippen MR) is 115 cm³/mol. The molecule has 0 aliphatic heterocycles. The number of hydrogen-bond acceptors (Lipinski definition) is 6. The van der Waals surface area contributed by atoms with Crippen molar-refractivity contribution in [3.63, 3.8) is 0 Å². The lowest BCUT2D eigenvalue weighted by atomic mass is 9.96. The van der Waals surface area contributed by atoms with Crippen LogP contribution in [0.15, 0.2) is 53.3 Å². The van der Waals surface area contributed by atoms with Gasteiger partial charge in [0, 0.05) is 6.54 Å². The zero-order valence-corrected chi connectivity index (χ0v) is 17.5. The molecule has 0 saturated heterocycles. The molecule has 0 radical (unpaired) electrons. The molecule has 1 aromatic heterocycles. The Hall–Kier alpha value is -4.05. The van der Waals surface area contributed by atoms with Crippen LogP contribution in [0.1, 0.15) is 32.6 Å². The number of pyridine rings is 1. The lowest BCUT2D eigenvalue weighted by molar-refractivity contribution is 0.103. The molecule has 1 heterocycles. The number of carbonyl (C=O) groups excluding carboxylic acids is 1. The van der Waals surface area contributed by atoms with Crippen molar-refractivity contribution < 1.29 is 19.4 Å². The largest absolute Gasteiger partial charge is 0.497 e. The van der Waals surface area contributed by atoms with Crippen molar-refractivity contribution in [2.45, 2.75) is 19.9 Å². The predicted octanol–water partition coefficient (Wildman–Crippen LogP) is 3.22. The van der Waals surface area contributed by atoms with Crippen LogP contribution in [0.2, 0.25) is 0 Å². The summed E-state index contributed by atoms with van der Waals surface area (Å²) >= 11 is 0. The van der Waals surface area contributed by atoms with Crippen LogP contribution >= 0.6 is 0 Å². The molecule has 0 aliphatic rings. The Morgan fingerprint density at radius 1 is 1.10 bits per heavy atom. The Morgan fingerprint density at radius 3 is 2.39 bits per heavy atom. The summed E-state index contributed by atoms with van der Waals surface area (Å²) in [7, 11) is 3.01. The Bertz CT molecular complexity index is 1220. The van der Waals surface area contributed by atoms with Gasteiger partial charge in [0.05, 0.1) is 25.3 Å². The van der Waals surface area contributed by atoms with E-state index in [1.165, 1.54) is 14.0 Å². The van der Waals surface area contributed by atoms with Crippen molar-refractivity contribution in [1.82, 2.24) is 4.57 Å². The van der Waals surface area contributed by atoms with Crippen LogP contribution < -0.4 is 15.0 Å². The van der Waals surface area contributed by atoms with Gasteiger partial charge < -0.3 is 14.6 Å². The summed E-state index contributed by atoms with van der Waals surface area (Å²) in [5, 5.41) is 20.4. The van der Waals surface area contributed by atoms with Gasteiger partial charge in [-0.05, 0) is 48.7 Å². The molecule has 0 bridgehead atoms. The standard InChI is InChI=1S/C24H22N2O5/c1-15-19(14-25)23(28)26(13-12-16-8-10-17(30-2)11-9-16)24(29)21(15)22(27)18-6-4-5-7-20(18)31-3/h4-11,29H,12-13H2,1-3H3. The second kappa shape index (κ2) is 9.18. The number of aromatic nitrogens is 1. The van der Waals surface area contributed by atoms with E-state index in [-0.39, 0.29) is 28.8 Å². The van der Waals surface area contributed by atoms with Crippen LogP contribution in [-0.2, 0) is 13.0 Å². The van der Waals surface area contributed by atoms with E-state index in [0.29, 0.717) is 17.9 Å². The Labute approximate surface area is 179 Å². The van der Waals surface area contributed by atoms with Gasteiger partial charge in [-0.3, -0.25) is 14.2 Å². The van der Waals surface area contributed by atoms with E-state index >= 15 is 0 Å². The molecule has 3 aromatic rings. The first-order valence-corrected chi connectivity index (χ1v) is 9.60. The minimum absolute atomic E-state index is 0.0876. The first kappa shape index (κ1) is 21.7. The number of hydrogen-bond donors (Lipinski definition) is 1. The SMILES string of the molecule is COc1ccc(CCn2c(O)c(C(=O)c3ccccc3OC)c(C)c(C#N)c2=O)cc1. The van der Waals surface area contributed by atoms with E-state index in [0.717, 1.165) is 10.1 Å². The number of nitrogens with zero attached hydrogens (tertiary/aromatic N) is 2. The molecule has 7 nitrogen and oxygen atoms in total. The van der Waals surface area contributed by atoms with E-state index in [2.05, 4.69) is 0 Å². The highest BCUT2D eigenvalue weighted by Crippen LogP contribution is 2.28. The van der Waals surface area contributed by atoms with Crippen LogP contribution in [0.25, 0.3) is 0 Å². The van der Waals surface area contributed by atoms with Crippen molar-refractivity contribution in [2.24, 2.45) is 0 Å². The Morgan fingerprint density at radius 2 is 1.77 bits per heavy atom.